The Morgan fingerprint density at radius 3 is 2.40 bits per heavy atom. The van der Waals surface area contributed by atoms with Gasteiger partial charge in [-0.05, 0) is 45.6 Å². The number of nitrogens with one attached hydrogen (secondary N) is 1. The zero-order valence-electron chi connectivity index (χ0n) is 13.3. The number of ether oxygens (including phenoxy) is 1. The van der Waals surface area contributed by atoms with Gasteiger partial charge in [0.2, 0.25) is 0 Å². The van der Waals surface area contributed by atoms with Crippen LogP contribution in [-0.4, -0.2) is 45.2 Å². The summed E-state index contributed by atoms with van der Waals surface area (Å²) in [6.45, 7) is 5.91. The van der Waals surface area contributed by atoms with E-state index in [0.29, 0.717) is 0 Å². The molecule has 1 aliphatic rings. The largest absolute Gasteiger partial charge is 0.374 e. The molecule has 0 aromatic rings. The third kappa shape index (κ3) is 5.70. The standard InChI is InChI=1S/C15H31NO3S/c1-4-12-16-14(9-8-13-20(3,17)18)15(19-5-2)10-6-7-11-15/h14,16H,4-13H2,1-3H3. The van der Waals surface area contributed by atoms with E-state index >= 15 is 0 Å². The Morgan fingerprint density at radius 2 is 1.90 bits per heavy atom. The van der Waals surface area contributed by atoms with Crippen molar-refractivity contribution >= 4 is 9.84 Å². The maximum atomic E-state index is 11.3. The Hall–Kier alpha value is -0.130. The van der Waals surface area contributed by atoms with Gasteiger partial charge in [0, 0.05) is 24.7 Å². The van der Waals surface area contributed by atoms with Crippen LogP contribution < -0.4 is 5.32 Å². The summed E-state index contributed by atoms with van der Waals surface area (Å²) < 4.78 is 28.7. The summed E-state index contributed by atoms with van der Waals surface area (Å²) in [6.07, 6.45) is 8.64. The van der Waals surface area contributed by atoms with E-state index in [-0.39, 0.29) is 17.4 Å². The molecule has 0 amide bonds. The molecule has 0 spiro atoms. The van der Waals surface area contributed by atoms with E-state index in [4.69, 9.17) is 4.74 Å². The highest BCUT2D eigenvalue weighted by atomic mass is 32.2. The van der Waals surface area contributed by atoms with E-state index in [2.05, 4.69) is 12.2 Å². The Kier molecular flexibility index (Phi) is 7.48. The lowest BCUT2D eigenvalue weighted by molar-refractivity contribution is -0.0632. The molecule has 4 nitrogen and oxygen atoms in total. The van der Waals surface area contributed by atoms with E-state index in [1.807, 2.05) is 6.92 Å². The van der Waals surface area contributed by atoms with Crippen molar-refractivity contribution in [2.45, 2.75) is 70.4 Å². The van der Waals surface area contributed by atoms with E-state index < -0.39 is 9.84 Å². The van der Waals surface area contributed by atoms with Crippen LogP contribution in [0.1, 0.15) is 58.8 Å². The summed E-state index contributed by atoms with van der Waals surface area (Å²) in [4.78, 5) is 0. The number of rotatable bonds is 10. The van der Waals surface area contributed by atoms with E-state index in [9.17, 15) is 8.42 Å². The molecule has 1 fully saturated rings. The predicted molar refractivity (Wildman–Crippen MR) is 83.9 cm³/mol. The van der Waals surface area contributed by atoms with E-state index in [1.54, 1.807) is 0 Å². The zero-order valence-corrected chi connectivity index (χ0v) is 14.1. The van der Waals surface area contributed by atoms with Gasteiger partial charge in [-0.15, -0.1) is 0 Å². The molecule has 0 heterocycles. The molecule has 1 rings (SSSR count). The van der Waals surface area contributed by atoms with E-state index in [1.165, 1.54) is 19.1 Å². The molecule has 1 aliphatic carbocycles. The second-order valence-corrected chi connectivity index (χ2v) is 8.24. The van der Waals surface area contributed by atoms with Gasteiger partial charge in [0.05, 0.1) is 5.60 Å². The highest BCUT2D eigenvalue weighted by Crippen LogP contribution is 2.37. The van der Waals surface area contributed by atoms with Gasteiger partial charge >= 0.3 is 0 Å². The third-order valence-electron chi connectivity index (χ3n) is 4.17. The van der Waals surface area contributed by atoms with Crippen LogP contribution in [0.25, 0.3) is 0 Å². The maximum absolute atomic E-state index is 11.3. The summed E-state index contributed by atoms with van der Waals surface area (Å²) in [5.41, 5.74) is -0.0680. The van der Waals surface area contributed by atoms with Crippen LogP contribution in [0.3, 0.4) is 0 Å². The van der Waals surface area contributed by atoms with E-state index in [0.717, 1.165) is 45.3 Å². The van der Waals surface area contributed by atoms with Crippen molar-refractivity contribution in [3.05, 3.63) is 0 Å². The monoisotopic (exact) mass is 305 g/mol. The fraction of sp³-hybridized carbons (Fsp3) is 1.00. The van der Waals surface area contributed by atoms with Crippen molar-refractivity contribution in [3.63, 3.8) is 0 Å². The van der Waals surface area contributed by atoms with Crippen LogP contribution in [0.4, 0.5) is 0 Å². The number of sulfone groups is 1. The molecule has 1 saturated carbocycles. The molecule has 120 valence electrons. The van der Waals surface area contributed by atoms with Gasteiger partial charge in [-0.3, -0.25) is 0 Å². The molecule has 0 bridgehead atoms. The highest BCUT2D eigenvalue weighted by Gasteiger charge is 2.41. The first-order chi connectivity index (χ1) is 9.43. The molecule has 0 radical (unpaired) electrons. The summed E-state index contributed by atoms with van der Waals surface area (Å²) in [6, 6.07) is 0.284. The van der Waals surface area contributed by atoms with Crippen molar-refractivity contribution in [1.82, 2.24) is 5.32 Å². The zero-order chi connectivity index (χ0) is 15.1. The second-order valence-electron chi connectivity index (χ2n) is 5.98. The van der Waals surface area contributed by atoms with Crippen LogP contribution in [0.15, 0.2) is 0 Å². The summed E-state index contributed by atoms with van der Waals surface area (Å²) in [5.74, 6) is 0.277. The lowest BCUT2D eigenvalue weighted by Crippen LogP contribution is -2.51. The van der Waals surface area contributed by atoms with Crippen molar-refractivity contribution in [1.29, 1.82) is 0 Å². The molecule has 0 aromatic carbocycles. The van der Waals surface area contributed by atoms with Crippen LogP contribution in [0, 0.1) is 0 Å². The topological polar surface area (TPSA) is 55.4 Å². The number of hydrogen-bond acceptors (Lipinski definition) is 4. The smallest absolute Gasteiger partial charge is 0.147 e. The Morgan fingerprint density at radius 1 is 1.25 bits per heavy atom. The first kappa shape index (κ1) is 17.9. The summed E-state index contributed by atoms with van der Waals surface area (Å²) in [5, 5.41) is 3.60. The van der Waals surface area contributed by atoms with Gasteiger partial charge in [-0.25, -0.2) is 8.42 Å². The van der Waals surface area contributed by atoms with Gasteiger partial charge in [0.25, 0.3) is 0 Å². The van der Waals surface area contributed by atoms with Gasteiger partial charge in [-0.2, -0.15) is 0 Å². The van der Waals surface area contributed by atoms with Gasteiger partial charge in [0.1, 0.15) is 9.84 Å². The quantitative estimate of drug-likeness (QED) is 0.674. The Labute approximate surface area is 124 Å². The molecule has 0 saturated heterocycles. The summed E-state index contributed by atoms with van der Waals surface area (Å²) in [7, 11) is -2.86. The molecule has 20 heavy (non-hydrogen) atoms. The fourth-order valence-corrected chi connectivity index (χ4v) is 3.96. The van der Waals surface area contributed by atoms with Crippen LogP contribution in [0.2, 0.25) is 0 Å². The van der Waals surface area contributed by atoms with Crippen LogP contribution in [-0.2, 0) is 14.6 Å². The average Bonchev–Trinajstić information content (AvgIpc) is 2.82. The van der Waals surface area contributed by atoms with Gasteiger partial charge < -0.3 is 10.1 Å². The average molecular weight is 305 g/mol. The van der Waals surface area contributed by atoms with Crippen molar-refractivity contribution in [2.24, 2.45) is 0 Å². The molecule has 5 heteroatoms. The fourth-order valence-electron chi connectivity index (χ4n) is 3.27. The predicted octanol–water partition coefficient (Wildman–Crippen LogP) is 2.53. The highest BCUT2D eigenvalue weighted by molar-refractivity contribution is 7.90. The molecule has 1 unspecified atom stereocenters. The molecule has 1 N–H and O–H groups in total. The molecule has 0 aliphatic heterocycles. The minimum absolute atomic E-state index is 0.0680. The Bertz CT molecular complexity index is 361. The number of hydrogen-bond donors (Lipinski definition) is 1. The van der Waals surface area contributed by atoms with Crippen LogP contribution >= 0.6 is 0 Å². The van der Waals surface area contributed by atoms with Crippen LogP contribution in [0.5, 0.6) is 0 Å². The molecule has 0 aromatic heterocycles. The third-order valence-corrected chi connectivity index (χ3v) is 5.20. The lowest BCUT2D eigenvalue weighted by Gasteiger charge is -2.38. The summed E-state index contributed by atoms with van der Waals surface area (Å²) >= 11 is 0. The van der Waals surface area contributed by atoms with Gasteiger partial charge in [0.15, 0.2) is 0 Å². The first-order valence-electron chi connectivity index (χ1n) is 7.98. The minimum atomic E-state index is -2.86. The Balaban J connectivity index is 2.65. The molecule has 1 atom stereocenters. The SMILES string of the molecule is CCCNC(CCCS(C)(=O)=O)C1(OCC)CCCC1. The maximum Gasteiger partial charge on any atom is 0.147 e. The van der Waals surface area contributed by atoms with Crippen molar-refractivity contribution in [2.75, 3.05) is 25.2 Å². The van der Waals surface area contributed by atoms with Crippen molar-refractivity contribution in [3.8, 4) is 0 Å². The van der Waals surface area contributed by atoms with Crippen molar-refractivity contribution < 1.29 is 13.2 Å². The molecular weight excluding hydrogens is 274 g/mol. The lowest BCUT2D eigenvalue weighted by atomic mass is 9.88. The van der Waals surface area contributed by atoms with Gasteiger partial charge in [-0.1, -0.05) is 19.8 Å². The normalized spacial score (nSPS) is 20.1. The second kappa shape index (κ2) is 8.35. The molecular formula is C15H31NO3S. The minimum Gasteiger partial charge on any atom is -0.374 e. The first-order valence-corrected chi connectivity index (χ1v) is 10.0.